The molecule has 0 saturated carbocycles. The molecule has 0 fully saturated rings. The van der Waals surface area contributed by atoms with E-state index in [1.165, 1.54) is 0 Å². The van der Waals surface area contributed by atoms with Crippen LogP contribution in [0.1, 0.15) is 18.2 Å². The summed E-state index contributed by atoms with van der Waals surface area (Å²) in [6.07, 6.45) is -5.16. The minimum absolute atomic E-state index is 0.0975. The maximum atomic E-state index is 12.8. The topological polar surface area (TPSA) is 39.2 Å². The number of carbonyl (C=O) groups is 1. The number of hydrogen-bond donors (Lipinski definition) is 0. The monoisotopic (exact) mass is 251 g/mol. The van der Waals surface area contributed by atoms with E-state index in [0.717, 1.165) is 0 Å². The molecule has 17 heavy (non-hydrogen) atoms. The Morgan fingerprint density at radius 2 is 2.06 bits per heavy atom. The number of aromatic nitrogens is 1. The minimum atomic E-state index is -4.67. The Balaban J connectivity index is 2.94. The van der Waals surface area contributed by atoms with E-state index in [1.807, 2.05) is 0 Å². The largest absolute Gasteiger partial charge is 0.466 e. The molecule has 1 aromatic heterocycles. The summed E-state index contributed by atoms with van der Waals surface area (Å²) in [6.45, 7) is 1.65. The van der Waals surface area contributed by atoms with Gasteiger partial charge in [0.05, 0.1) is 24.3 Å². The maximum absolute atomic E-state index is 12.8. The van der Waals surface area contributed by atoms with Gasteiger partial charge >= 0.3 is 12.1 Å². The van der Waals surface area contributed by atoms with Crippen molar-refractivity contribution in [2.75, 3.05) is 6.61 Å². The lowest BCUT2D eigenvalue weighted by Crippen LogP contribution is -2.12. The molecule has 0 bridgehead atoms. The summed E-state index contributed by atoms with van der Waals surface area (Å²) in [5, 5.41) is 0. The molecule has 0 radical (unpaired) electrons. The summed E-state index contributed by atoms with van der Waals surface area (Å²) in [4.78, 5) is 14.2. The Morgan fingerprint density at radius 3 is 2.59 bits per heavy atom. The third-order valence-corrected chi connectivity index (χ3v) is 1.81. The number of alkyl halides is 3. The number of hydrogen-bond acceptors (Lipinski definition) is 3. The zero-order valence-electron chi connectivity index (χ0n) is 8.84. The van der Waals surface area contributed by atoms with Gasteiger partial charge in [0, 0.05) is 6.07 Å². The van der Waals surface area contributed by atoms with E-state index >= 15 is 0 Å². The van der Waals surface area contributed by atoms with E-state index in [4.69, 9.17) is 0 Å². The van der Waals surface area contributed by atoms with E-state index in [1.54, 1.807) is 6.92 Å². The predicted molar refractivity (Wildman–Crippen MR) is 49.5 cm³/mol. The van der Waals surface area contributed by atoms with Crippen LogP contribution < -0.4 is 0 Å². The number of rotatable bonds is 3. The van der Waals surface area contributed by atoms with Gasteiger partial charge in [-0.25, -0.2) is 4.98 Å². The van der Waals surface area contributed by atoms with Gasteiger partial charge in [-0.15, -0.1) is 0 Å². The van der Waals surface area contributed by atoms with Crippen molar-refractivity contribution in [3.8, 4) is 0 Å². The molecule has 1 heterocycles. The first-order valence-corrected chi connectivity index (χ1v) is 4.72. The van der Waals surface area contributed by atoms with Crippen molar-refractivity contribution in [2.45, 2.75) is 19.5 Å². The number of esters is 1. The second-order valence-corrected chi connectivity index (χ2v) is 3.15. The van der Waals surface area contributed by atoms with Crippen LogP contribution in [0, 0.1) is 5.95 Å². The number of ether oxygens (including phenoxy) is 1. The molecule has 94 valence electrons. The van der Waals surface area contributed by atoms with Crippen LogP contribution in [0.5, 0.6) is 0 Å². The van der Waals surface area contributed by atoms with Crippen LogP contribution >= 0.6 is 0 Å². The van der Waals surface area contributed by atoms with E-state index in [2.05, 4.69) is 9.72 Å². The highest BCUT2D eigenvalue weighted by Crippen LogP contribution is 2.29. The summed E-state index contributed by atoms with van der Waals surface area (Å²) < 4.78 is 54.3. The average Bonchev–Trinajstić information content (AvgIpc) is 2.15. The molecular formula is C10H9F4NO2. The molecule has 0 aliphatic carbocycles. The maximum Gasteiger partial charge on any atom is 0.416 e. The van der Waals surface area contributed by atoms with Gasteiger partial charge in [0.15, 0.2) is 0 Å². The van der Waals surface area contributed by atoms with Crippen molar-refractivity contribution in [3.63, 3.8) is 0 Å². The van der Waals surface area contributed by atoms with Crippen LogP contribution in [-0.4, -0.2) is 17.6 Å². The minimum Gasteiger partial charge on any atom is -0.466 e. The number of carbonyl (C=O) groups excluding carboxylic acids is 1. The fourth-order valence-corrected chi connectivity index (χ4v) is 1.17. The predicted octanol–water partition coefficient (Wildman–Crippen LogP) is 2.35. The molecule has 0 spiro atoms. The van der Waals surface area contributed by atoms with Gasteiger partial charge in [-0.05, 0) is 13.0 Å². The first-order valence-electron chi connectivity index (χ1n) is 4.72. The number of halogens is 4. The van der Waals surface area contributed by atoms with Crippen LogP contribution in [0.4, 0.5) is 17.6 Å². The highest BCUT2D eigenvalue weighted by atomic mass is 19.4. The molecule has 0 N–H and O–H groups in total. The quantitative estimate of drug-likeness (QED) is 0.470. The third-order valence-electron chi connectivity index (χ3n) is 1.81. The lowest BCUT2D eigenvalue weighted by atomic mass is 10.2. The summed E-state index contributed by atoms with van der Waals surface area (Å²) in [5.41, 5.74) is -1.49. The first kappa shape index (κ1) is 13.4. The highest BCUT2D eigenvalue weighted by molar-refractivity contribution is 5.72. The molecule has 0 aromatic carbocycles. The van der Waals surface area contributed by atoms with Gasteiger partial charge in [-0.1, -0.05) is 0 Å². The van der Waals surface area contributed by atoms with Crippen molar-refractivity contribution in [3.05, 3.63) is 29.3 Å². The molecule has 1 aromatic rings. The molecule has 0 atom stereocenters. The van der Waals surface area contributed by atoms with Gasteiger partial charge in [-0.3, -0.25) is 4.79 Å². The Kier molecular flexibility index (Phi) is 4.03. The molecule has 0 aliphatic rings. The van der Waals surface area contributed by atoms with Gasteiger partial charge in [-0.2, -0.15) is 17.6 Å². The van der Waals surface area contributed by atoms with Crippen molar-refractivity contribution in [2.24, 2.45) is 0 Å². The Morgan fingerprint density at radius 1 is 1.41 bits per heavy atom. The lowest BCUT2D eigenvalue weighted by Gasteiger charge is -2.08. The molecule has 0 unspecified atom stereocenters. The third kappa shape index (κ3) is 4.01. The van der Waals surface area contributed by atoms with Crippen LogP contribution in [-0.2, 0) is 22.1 Å². The Hall–Kier alpha value is -1.66. The van der Waals surface area contributed by atoms with Crippen LogP contribution in [0.3, 0.4) is 0 Å². The summed E-state index contributed by atoms with van der Waals surface area (Å²) >= 11 is 0. The van der Waals surface area contributed by atoms with Gasteiger partial charge in [0.25, 0.3) is 0 Å². The molecular weight excluding hydrogens is 242 g/mol. The standard InChI is InChI=1S/C10H9F4NO2/c1-2-17-9(16)5-7-3-6(10(12,13)14)4-8(11)15-7/h3-4H,2,5H2,1H3. The smallest absolute Gasteiger partial charge is 0.416 e. The van der Waals surface area contributed by atoms with Crippen molar-refractivity contribution >= 4 is 5.97 Å². The SMILES string of the molecule is CCOC(=O)Cc1cc(C(F)(F)F)cc(F)n1. The number of pyridine rings is 1. The normalized spacial score (nSPS) is 11.4. The average molecular weight is 251 g/mol. The fourth-order valence-electron chi connectivity index (χ4n) is 1.17. The van der Waals surface area contributed by atoms with Crippen LogP contribution in [0.2, 0.25) is 0 Å². The summed E-state index contributed by atoms with van der Waals surface area (Å²) in [7, 11) is 0. The van der Waals surface area contributed by atoms with E-state index in [9.17, 15) is 22.4 Å². The molecule has 0 saturated heterocycles. The molecule has 1 rings (SSSR count). The highest BCUT2D eigenvalue weighted by Gasteiger charge is 2.31. The van der Waals surface area contributed by atoms with Gasteiger partial charge < -0.3 is 4.74 Å². The van der Waals surface area contributed by atoms with Crippen LogP contribution in [0.25, 0.3) is 0 Å². The summed E-state index contributed by atoms with van der Waals surface area (Å²) in [5.74, 6) is -2.03. The second-order valence-electron chi connectivity index (χ2n) is 3.15. The van der Waals surface area contributed by atoms with E-state index < -0.39 is 30.1 Å². The second kappa shape index (κ2) is 5.11. The van der Waals surface area contributed by atoms with Crippen molar-refractivity contribution < 1.29 is 27.1 Å². The Labute approximate surface area is 94.4 Å². The van der Waals surface area contributed by atoms with Gasteiger partial charge in [0.2, 0.25) is 5.95 Å². The van der Waals surface area contributed by atoms with E-state index in [-0.39, 0.29) is 18.4 Å². The zero-order valence-corrected chi connectivity index (χ0v) is 8.84. The number of nitrogens with zero attached hydrogens (tertiary/aromatic N) is 1. The molecule has 7 heteroatoms. The van der Waals surface area contributed by atoms with Crippen molar-refractivity contribution in [1.29, 1.82) is 0 Å². The molecule has 0 amide bonds. The summed E-state index contributed by atoms with van der Waals surface area (Å²) in [6, 6.07) is 0.897. The van der Waals surface area contributed by atoms with Crippen LogP contribution in [0.15, 0.2) is 12.1 Å². The fraction of sp³-hybridized carbons (Fsp3) is 0.400. The molecule has 0 aliphatic heterocycles. The lowest BCUT2D eigenvalue weighted by molar-refractivity contribution is -0.143. The molecule has 3 nitrogen and oxygen atoms in total. The van der Waals surface area contributed by atoms with Gasteiger partial charge in [0.1, 0.15) is 0 Å². The van der Waals surface area contributed by atoms with Crippen molar-refractivity contribution in [1.82, 2.24) is 4.98 Å². The van der Waals surface area contributed by atoms with E-state index in [0.29, 0.717) is 6.07 Å². The Bertz CT molecular complexity index is 417. The first-order chi connectivity index (χ1) is 7.82. The zero-order chi connectivity index (χ0) is 13.1.